The van der Waals surface area contributed by atoms with Crippen LogP contribution in [0.1, 0.15) is 24.7 Å². The molecule has 0 spiro atoms. The van der Waals surface area contributed by atoms with Crippen LogP contribution in [0.15, 0.2) is 42.3 Å². The highest BCUT2D eigenvalue weighted by Gasteiger charge is 2.22. The normalized spacial score (nSPS) is 24.4. The predicted molar refractivity (Wildman–Crippen MR) is 65.1 cm³/mol. The number of benzene rings is 1. The lowest BCUT2D eigenvalue weighted by Crippen LogP contribution is -2.26. The van der Waals surface area contributed by atoms with Gasteiger partial charge in [0.05, 0.1) is 12.3 Å². The van der Waals surface area contributed by atoms with Crippen molar-refractivity contribution in [1.29, 1.82) is 0 Å². The third-order valence-electron chi connectivity index (χ3n) is 3.29. The van der Waals surface area contributed by atoms with Gasteiger partial charge in [-0.1, -0.05) is 30.3 Å². The average Bonchev–Trinajstić information content (AvgIpc) is 2.94. The molecule has 0 saturated carbocycles. The first-order valence-electron chi connectivity index (χ1n) is 6.19. The largest absolute Gasteiger partial charge is 0.466 e. The fourth-order valence-corrected chi connectivity index (χ4v) is 2.33. The Kier molecular flexibility index (Phi) is 3.01. The monoisotopic (exact) mass is 231 g/mol. The number of ether oxygens (including phenoxy) is 2. The zero-order valence-corrected chi connectivity index (χ0v) is 9.84. The number of hydrogen-bond acceptors (Lipinski definition) is 3. The molecule has 1 fully saturated rings. The van der Waals surface area contributed by atoms with E-state index in [1.165, 1.54) is 18.5 Å². The molecule has 3 heteroatoms. The maximum absolute atomic E-state index is 5.76. The predicted octanol–water partition coefficient (Wildman–Crippen LogP) is 2.67. The van der Waals surface area contributed by atoms with Crippen molar-refractivity contribution in [2.45, 2.75) is 19.1 Å². The van der Waals surface area contributed by atoms with Crippen LogP contribution in [0.4, 0.5) is 0 Å². The molecule has 90 valence electrons. The minimum absolute atomic E-state index is 0.248. The molecule has 0 aromatic heterocycles. The summed E-state index contributed by atoms with van der Waals surface area (Å²) in [5.41, 5.74) is 2.25. The molecule has 2 aliphatic heterocycles. The van der Waals surface area contributed by atoms with Crippen molar-refractivity contribution in [3.63, 3.8) is 0 Å². The van der Waals surface area contributed by atoms with E-state index >= 15 is 0 Å². The van der Waals surface area contributed by atoms with Gasteiger partial charge < -0.3 is 14.4 Å². The second-order valence-corrected chi connectivity index (χ2v) is 4.49. The van der Waals surface area contributed by atoms with Gasteiger partial charge in [-0.3, -0.25) is 0 Å². The Bertz CT molecular complexity index is 396. The van der Waals surface area contributed by atoms with E-state index in [0.717, 1.165) is 18.7 Å². The summed E-state index contributed by atoms with van der Waals surface area (Å²) < 4.78 is 11.4. The summed E-state index contributed by atoms with van der Waals surface area (Å²) in [6.07, 6.45) is 4.17. The van der Waals surface area contributed by atoms with E-state index in [1.807, 2.05) is 36.6 Å². The average molecular weight is 231 g/mol. The lowest BCUT2D eigenvalue weighted by Gasteiger charge is -2.28. The molecule has 17 heavy (non-hydrogen) atoms. The molecule has 1 unspecified atom stereocenters. The van der Waals surface area contributed by atoms with Crippen molar-refractivity contribution >= 4 is 0 Å². The molecule has 3 nitrogen and oxygen atoms in total. The number of rotatable bonds is 2. The van der Waals surface area contributed by atoms with Gasteiger partial charge in [0.1, 0.15) is 6.26 Å². The van der Waals surface area contributed by atoms with Crippen LogP contribution in [-0.2, 0) is 9.47 Å². The minimum atomic E-state index is -0.248. The van der Waals surface area contributed by atoms with Crippen LogP contribution in [0.3, 0.4) is 0 Å². The van der Waals surface area contributed by atoms with E-state index in [4.69, 9.17) is 9.47 Å². The molecule has 3 rings (SSSR count). The maximum Gasteiger partial charge on any atom is 0.226 e. The van der Waals surface area contributed by atoms with Crippen LogP contribution < -0.4 is 0 Å². The topological polar surface area (TPSA) is 21.7 Å². The van der Waals surface area contributed by atoms with Crippen molar-refractivity contribution in [1.82, 2.24) is 4.90 Å². The lowest BCUT2D eigenvalue weighted by atomic mass is 10.2. The van der Waals surface area contributed by atoms with Crippen LogP contribution >= 0.6 is 0 Å². The molecule has 2 aliphatic rings. The molecule has 0 N–H and O–H groups in total. The van der Waals surface area contributed by atoms with Gasteiger partial charge in [-0.25, -0.2) is 0 Å². The highest BCUT2D eigenvalue weighted by atomic mass is 16.7. The van der Waals surface area contributed by atoms with Gasteiger partial charge in [0.2, 0.25) is 6.29 Å². The van der Waals surface area contributed by atoms with Gasteiger partial charge >= 0.3 is 0 Å². The SMILES string of the molecule is C1=C(N2CCCC2)COC(c2ccccc2)O1. The molecule has 2 heterocycles. The minimum Gasteiger partial charge on any atom is -0.466 e. The van der Waals surface area contributed by atoms with Crippen LogP contribution in [0.25, 0.3) is 0 Å². The third-order valence-corrected chi connectivity index (χ3v) is 3.29. The summed E-state index contributed by atoms with van der Waals surface area (Å²) in [7, 11) is 0. The molecule has 1 aromatic rings. The standard InChI is InChI=1S/C14H17NO2/c1-2-6-12(7-3-1)14-16-10-13(11-17-14)15-8-4-5-9-15/h1-3,6-7,10,14H,4-5,8-9,11H2. The fraction of sp³-hybridized carbons (Fsp3) is 0.429. The van der Waals surface area contributed by atoms with E-state index in [1.54, 1.807) is 0 Å². The molecular formula is C14H17NO2. The first-order valence-corrected chi connectivity index (χ1v) is 6.19. The van der Waals surface area contributed by atoms with Gasteiger partial charge in [-0.05, 0) is 12.8 Å². The number of likely N-dealkylation sites (tertiary alicyclic amines) is 1. The molecule has 0 aliphatic carbocycles. The Balaban J connectivity index is 1.66. The number of nitrogens with zero attached hydrogens (tertiary/aromatic N) is 1. The fourth-order valence-electron chi connectivity index (χ4n) is 2.33. The summed E-state index contributed by atoms with van der Waals surface area (Å²) in [6.45, 7) is 2.92. The van der Waals surface area contributed by atoms with Crippen LogP contribution in [0.2, 0.25) is 0 Å². The Morgan fingerprint density at radius 3 is 2.47 bits per heavy atom. The molecule has 0 amide bonds. The Morgan fingerprint density at radius 2 is 1.82 bits per heavy atom. The van der Waals surface area contributed by atoms with Crippen molar-refractivity contribution in [3.8, 4) is 0 Å². The molecule has 1 saturated heterocycles. The second kappa shape index (κ2) is 4.80. The highest BCUT2D eigenvalue weighted by Crippen LogP contribution is 2.26. The summed E-state index contributed by atoms with van der Waals surface area (Å²) in [4.78, 5) is 2.35. The van der Waals surface area contributed by atoms with Gasteiger partial charge in [0.15, 0.2) is 0 Å². The lowest BCUT2D eigenvalue weighted by molar-refractivity contribution is -0.125. The first kappa shape index (κ1) is 10.7. The first-order chi connectivity index (χ1) is 8.43. The zero-order chi connectivity index (χ0) is 11.5. The number of hydrogen-bond donors (Lipinski definition) is 0. The van der Waals surface area contributed by atoms with Gasteiger partial charge in [-0.2, -0.15) is 0 Å². The van der Waals surface area contributed by atoms with E-state index in [2.05, 4.69) is 4.90 Å². The van der Waals surface area contributed by atoms with E-state index in [0.29, 0.717) is 6.61 Å². The van der Waals surface area contributed by atoms with E-state index in [9.17, 15) is 0 Å². The van der Waals surface area contributed by atoms with Crippen LogP contribution in [0, 0.1) is 0 Å². The molecule has 1 aromatic carbocycles. The van der Waals surface area contributed by atoms with Crippen LogP contribution in [-0.4, -0.2) is 24.6 Å². The summed E-state index contributed by atoms with van der Waals surface area (Å²) in [5.74, 6) is 0. The van der Waals surface area contributed by atoms with Gasteiger partial charge in [-0.15, -0.1) is 0 Å². The van der Waals surface area contributed by atoms with E-state index < -0.39 is 0 Å². The van der Waals surface area contributed by atoms with Gasteiger partial charge in [0, 0.05) is 18.7 Å². The maximum atomic E-state index is 5.76. The Morgan fingerprint density at radius 1 is 1.06 bits per heavy atom. The Labute approximate surface area is 102 Å². The molecule has 0 bridgehead atoms. The summed E-state index contributed by atoms with van der Waals surface area (Å²) >= 11 is 0. The smallest absolute Gasteiger partial charge is 0.226 e. The van der Waals surface area contributed by atoms with Crippen molar-refractivity contribution < 1.29 is 9.47 Å². The third kappa shape index (κ3) is 2.29. The molecular weight excluding hydrogens is 214 g/mol. The van der Waals surface area contributed by atoms with Crippen LogP contribution in [0.5, 0.6) is 0 Å². The zero-order valence-electron chi connectivity index (χ0n) is 9.84. The quantitative estimate of drug-likeness (QED) is 0.781. The van der Waals surface area contributed by atoms with Crippen molar-refractivity contribution in [2.24, 2.45) is 0 Å². The second-order valence-electron chi connectivity index (χ2n) is 4.49. The van der Waals surface area contributed by atoms with Crippen molar-refractivity contribution in [3.05, 3.63) is 47.9 Å². The summed E-state index contributed by atoms with van der Waals surface area (Å²) in [6, 6.07) is 10.1. The van der Waals surface area contributed by atoms with Crippen molar-refractivity contribution in [2.75, 3.05) is 19.7 Å². The summed E-state index contributed by atoms with van der Waals surface area (Å²) in [5, 5.41) is 0. The molecule has 1 atom stereocenters. The molecule has 0 radical (unpaired) electrons. The Hall–Kier alpha value is -1.48. The van der Waals surface area contributed by atoms with E-state index in [-0.39, 0.29) is 6.29 Å². The van der Waals surface area contributed by atoms with Gasteiger partial charge in [0.25, 0.3) is 0 Å². The highest BCUT2D eigenvalue weighted by molar-refractivity contribution is 5.17.